The summed E-state index contributed by atoms with van der Waals surface area (Å²) in [6.45, 7) is 7.18. The van der Waals surface area contributed by atoms with Crippen molar-refractivity contribution in [2.45, 2.75) is 44.0 Å². The van der Waals surface area contributed by atoms with Gasteiger partial charge in [-0.1, -0.05) is 91.8 Å². The van der Waals surface area contributed by atoms with Crippen LogP contribution in [0.2, 0.25) is 5.04 Å². The van der Waals surface area contributed by atoms with E-state index in [1.54, 1.807) is 24.3 Å². The first-order chi connectivity index (χ1) is 12.3. The van der Waals surface area contributed by atoms with Crippen molar-refractivity contribution in [1.82, 2.24) is 0 Å². The summed E-state index contributed by atoms with van der Waals surface area (Å²) in [6, 6.07) is 18.2. The van der Waals surface area contributed by atoms with Gasteiger partial charge in [0.2, 0.25) is 0 Å². The minimum Gasteiger partial charge on any atom is -0.263 e. The molecule has 0 saturated heterocycles. The molecule has 0 aliphatic heterocycles. The molecule has 2 rings (SSSR count). The molecule has 0 spiro atoms. The Morgan fingerprint density at radius 3 is 1.52 bits per heavy atom. The summed E-state index contributed by atoms with van der Waals surface area (Å²) >= 11 is 0. The number of benzene rings is 2. The molecule has 0 aliphatic rings. The Morgan fingerprint density at radius 2 is 1.22 bits per heavy atom. The zero-order chi connectivity index (χ0) is 20.5. The maximum atomic E-state index is 13.0. The van der Waals surface area contributed by atoms with Gasteiger partial charge in [0.25, 0.3) is 0 Å². The quantitative estimate of drug-likeness (QED) is 0.423. The number of hydrogen-bond acceptors (Lipinski definition) is 3. The molecule has 0 heterocycles. The van der Waals surface area contributed by atoms with Crippen molar-refractivity contribution in [1.29, 1.82) is 0 Å². The fraction of sp³-hybridized carbons (Fsp3) is 0.368. The predicted octanol–water partition coefficient (Wildman–Crippen LogP) is 3.84. The van der Waals surface area contributed by atoms with Gasteiger partial charge in [-0.15, -0.1) is 0 Å². The van der Waals surface area contributed by atoms with E-state index in [1.807, 2.05) is 57.2 Å². The largest absolute Gasteiger partial charge is 0.523 e. The second-order valence-electron chi connectivity index (χ2n) is 7.43. The van der Waals surface area contributed by atoms with Crippen LogP contribution in [-0.4, -0.2) is 27.7 Å². The lowest BCUT2D eigenvalue weighted by Crippen LogP contribution is -2.71. The van der Waals surface area contributed by atoms with E-state index in [4.69, 9.17) is 4.18 Å². The van der Waals surface area contributed by atoms with Crippen molar-refractivity contribution in [3.63, 3.8) is 0 Å². The first-order valence-corrected chi connectivity index (χ1v) is 11.9. The minimum absolute atomic E-state index is 0.532. The van der Waals surface area contributed by atoms with Gasteiger partial charge in [-0.3, -0.25) is 4.18 Å². The topological polar surface area (TPSA) is 43.4 Å². The van der Waals surface area contributed by atoms with E-state index in [9.17, 15) is 21.6 Å². The molecule has 0 bridgehead atoms. The zero-order valence-corrected chi connectivity index (χ0v) is 17.4. The zero-order valence-electron chi connectivity index (χ0n) is 15.6. The van der Waals surface area contributed by atoms with Crippen LogP contribution in [-0.2, 0) is 14.3 Å². The molecule has 2 aromatic rings. The third kappa shape index (κ3) is 3.97. The molecule has 0 aromatic heterocycles. The molecule has 0 amide bonds. The van der Waals surface area contributed by atoms with Gasteiger partial charge in [-0.25, -0.2) is 0 Å². The van der Waals surface area contributed by atoms with Crippen molar-refractivity contribution >= 4 is 28.6 Å². The van der Waals surface area contributed by atoms with Crippen molar-refractivity contribution in [2.75, 3.05) is 0 Å². The Morgan fingerprint density at radius 1 is 0.852 bits per heavy atom. The SMILES string of the molecule is CC(OS(=O)(=O)C(F)(F)F)[Si](c1ccccc1)(c1ccccc1)C(C)(C)C. The van der Waals surface area contributed by atoms with Crippen LogP contribution in [0.25, 0.3) is 0 Å². The molecule has 1 unspecified atom stereocenters. The minimum atomic E-state index is -5.72. The van der Waals surface area contributed by atoms with Crippen molar-refractivity contribution in [3.05, 3.63) is 60.7 Å². The third-order valence-electron chi connectivity index (χ3n) is 4.81. The lowest BCUT2D eigenvalue weighted by molar-refractivity contribution is -0.0550. The number of halogens is 3. The lowest BCUT2D eigenvalue weighted by Gasteiger charge is -2.47. The maximum Gasteiger partial charge on any atom is 0.523 e. The van der Waals surface area contributed by atoms with Gasteiger partial charge in [0.1, 0.15) is 0 Å². The summed E-state index contributed by atoms with van der Waals surface area (Å²) < 4.78 is 67.3. The molecule has 0 fully saturated rings. The van der Waals surface area contributed by atoms with E-state index in [0.717, 1.165) is 10.4 Å². The molecular weight excluding hydrogens is 393 g/mol. The second-order valence-corrected chi connectivity index (χ2v) is 14.1. The number of alkyl halides is 3. The highest BCUT2D eigenvalue weighted by Crippen LogP contribution is 2.40. The van der Waals surface area contributed by atoms with Gasteiger partial charge in [0.15, 0.2) is 8.07 Å². The Balaban J connectivity index is 2.77. The summed E-state index contributed by atoms with van der Waals surface area (Å²) in [5.74, 6) is 0. The first-order valence-electron chi connectivity index (χ1n) is 8.44. The smallest absolute Gasteiger partial charge is 0.263 e. The Hall–Kier alpha value is -1.64. The molecule has 0 radical (unpaired) electrons. The van der Waals surface area contributed by atoms with Crippen LogP contribution >= 0.6 is 0 Å². The highest BCUT2D eigenvalue weighted by atomic mass is 32.2. The lowest BCUT2D eigenvalue weighted by atomic mass is 10.2. The molecular formula is C19H23F3O3SSi. The van der Waals surface area contributed by atoms with Crippen molar-refractivity contribution in [3.8, 4) is 0 Å². The standard InChI is InChI=1S/C19H23F3O3SSi/c1-15(25-26(23,24)19(20,21)22)27(18(2,3)4,16-11-7-5-8-12-16)17-13-9-6-10-14-17/h5-15H,1-4H3. The van der Waals surface area contributed by atoms with E-state index < -0.39 is 34.5 Å². The molecule has 2 aromatic carbocycles. The Kier molecular flexibility index (Phi) is 5.94. The highest BCUT2D eigenvalue weighted by molar-refractivity contribution is 7.87. The maximum absolute atomic E-state index is 13.0. The van der Waals surface area contributed by atoms with Crippen molar-refractivity contribution in [2.24, 2.45) is 0 Å². The van der Waals surface area contributed by atoms with E-state index in [-0.39, 0.29) is 0 Å². The van der Waals surface area contributed by atoms with Crippen LogP contribution in [0.5, 0.6) is 0 Å². The molecule has 148 valence electrons. The van der Waals surface area contributed by atoms with E-state index in [0.29, 0.717) is 0 Å². The third-order valence-corrected chi connectivity index (χ3v) is 12.3. The van der Waals surface area contributed by atoms with Gasteiger partial charge in [0, 0.05) is 0 Å². The van der Waals surface area contributed by atoms with Crippen LogP contribution in [0, 0.1) is 0 Å². The first kappa shape index (κ1) is 21.7. The molecule has 0 N–H and O–H groups in total. The fourth-order valence-corrected chi connectivity index (χ4v) is 10.9. The van der Waals surface area contributed by atoms with Gasteiger partial charge >= 0.3 is 15.6 Å². The predicted molar refractivity (Wildman–Crippen MR) is 103 cm³/mol. The Bertz CT molecular complexity index is 821. The molecule has 0 saturated carbocycles. The molecule has 0 aliphatic carbocycles. The van der Waals surface area contributed by atoms with Crippen LogP contribution in [0.4, 0.5) is 13.2 Å². The number of rotatable bonds is 5. The molecule has 1 atom stereocenters. The van der Waals surface area contributed by atoms with Crippen molar-refractivity contribution < 1.29 is 25.8 Å². The van der Waals surface area contributed by atoms with Crippen LogP contribution in [0.3, 0.4) is 0 Å². The number of hydrogen-bond donors (Lipinski definition) is 0. The summed E-state index contributed by atoms with van der Waals surface area (Å²) in [5.41, 5.74) is -6.64. The summed E-state index contributed by atoms with van der Waals surface area (Å²) in [4.78, 5) is 0. The summed E-state index contributed by atoms with van der Waals surface area (Å²) in [7, 11) is -8.86. The Labute approximate surface area is 159 Å². The van der Waals surface area contributed by atoms with E-state index in [1.165, 1.54) is 6.92 Å². The fourth-order valence-electron chi connectivity index (χ4n) is 3.83. The second kappa shape index (κ2) is 7.41. The van der Waals surface area contributed by atoms with Crippen LogP contribution in [0.15, 0.2) is 60.7 Å². The highest BCUT2D eigenvalue weighted by Gasteiger charge is 2.57. The van der Waals surface area contributed by atoms with Crippen LogP contribution in [0.1, 0.15) is 27.7 Å². The average Bonchev–Trinajstić information content (AvgIpc) is 2.54. The molecule has 3 nitrogen and oxygen atoms in total. The van der Waals surface area contributed by atoms with Gasteiger partial charge in [-0.05, 0) is 12.0 Å². The summed E-state index contributed by atoms with van der Waals surface area (Å²) in [6.07, 6.45) is 0. The van der Waals surface area contributed by atoms with E-state index in [2.05, 4.69) is 0 Å². The average molecular weight is 417 g/mol. The van der Waals surface area contributed by atoms with Gasteiger partial charge in [0.05, 0.1) is 5.73 Å². The van der Waals surface area contributed by atoms with Crippen LogP contribution < -0.4 is 10.4 Å². The molecule has 8 heteroatoms. The van der Waals surface area contributed by atoms with Gasteiger partial charge in [-0.2, -0.15) is 21.6 Å². The summed E-state index contributed by atoms with van der Waals surface area (Å²) in [5, 5.41) is 1.10. The molecule has 27 heavy (non-hydrogen) atoms. The van der Waals surface area contributed by atoms with Gasteiger partial charge < -0.3 is 0 Å². The van der Waals surface area contributed by atoms with E-state index >= 15 is 0 Å². The monoisotopic (exact) mass is 416 g/mol. The normalized spacial score (nSPS) is 14.8.